The molecule has 0 saturated heterocycles. The van der Waals surface area contributed by atoms with E-state index in [0.29, 0.717) is 0 Å². The molecule has 0 bridgehead atoms. The summed E-state index contributed by atoms with van der Waals surface area (Å²) in [5, 5.41) is 22.5. The van der Waals surface area contributed by atoms with E-state index >= 15 is 0 Å². The van der Waals surface area contributed by atoms with Gasteiger partial charge in [0.2, 0.25) is 0 Å². The third kappa shape index (κ3) is 2.54. The van der Waals surface area contributed by atoms with Crippen molar-refractivity contribution in [3.8, 4) is 22.3 Å². The van der Waals surface area contributed by atoms with Gasteiger partial charge in [0, 0.05) is 27.4 Å². The summed E-state index contributed by atoms with van der Waals surface area (Å²) >= 11 is 0. The molecule has 5 aromatic rings. The van der Waals surface area contributed by atoms with E-state index in [2.05, 4.69) is 36.4 Å². The van der Waals surface area contributed by atoms with Crippen molar-refractivity contribution in [3.63, 3.8) is 0 Å². The van der Waals surface area contributed by atoms with E-state index in [9.17, 15) is 10.0 Å². The minimum Gasteiger partial charge on any atom is -0.407 e. The first-order valence-corrected chi connectivity index (χ1v) is 9.28. The van der Waals surface area contributed by atoms with Crippen molar-refractivity contribution in [1.82, 2.24) is 4.48 Å². The lowest BCUT2D eigenvalue weighted by Gasteiger charge is -2.15. The van der Waals surface area contributed by atoms with Crippen LogP contribution in [0.5, 0.6) is 0 Å². The van der Waals surface area contributed by atoms with Crippen molar-refractivity contribution < 1.29 is 10.0 Å². The highest BCUT2D eigenvalue weighted by Gasteiger charge is 2.24. The predicted octanol–water partition coefficient (Wildman–Crippen LogP) is 4.95. The quantitative estimate of drug-likeness (QED) is 0.446. The molecule has 0 atom stereocenters. The summed E-state index contributed by atoms with van der Waals surface area (Å²) in [5.41, 5.74) is 5.81. The number of hydrogen-bond acceptors (Lipinski definition) is 2. The molecule has 0 amide bonds. The number of fused-ring (bicyclic) bond motifs is 3. The summed E-state index contributed by atoms with van der Waals surface area (Å²) in [7, 11) is -1.63. The normalized spacial score (nSPS) is 11.2. The molecule has 3 nitrogen and oxygen atoms in total. The minimum absolute atomic E-state index is 0.801. The smallest absolute Gasteiger partial charge is 0.407 e. The van der Waals surface area contributed by atoms with E-state index < -0.39 is 7.25 Å². The molecule has 0 aliphatic rings. The Morgan fingerprint density at radius 3 is 1.86 bits per heavy atom. The van der Waals surface area contributed by atoms with Gasteiger partial charge in [-0.2, -0.15) is 0 Å². The fourth-order valence-corrected chi connectivity index (χ4v) is 4.09. The number of benzene rings is 4. The summed E-state index contributed by atoms with van der Waals surface area (Å²) in [5.74, 6) is 0. The molecule has 4 aromatic carbocycles. The van der Waals surface area contributed by atoms with Gasteiger partial charge in [0.25, 0.3) is 0 Å². The Bertz CT molecular complexity index is 1280. The lowest BCUT2D eigenvalue weighted by molar-refractivity contribution is 0.396. The zero-order chi connectivity index (χ0) is 19.1. The lowest BCUT2D eigenvalue weighted by atomic mass is 9.91. The predicted molar refractivity (Wildman–Crippen MR) is 116 cm³/mol. The third-order valence-electron chi connectivity index (χ3n) is 5.25. The molecule has 0 fully saturated rings. The Morgan fingerprint density at radius 1 is 0.571 bits per heavy atom. The maximum absolute atomic E-state index is 10.3. The topological polar surface area (TPSA) is 45.4 Å². The molecule has 0 saturated carbocycles. The van der Waals surface area contributed by atoms with Crippen LogP contribution in [0.25, 0.3) is 44.1 Å². The molecule has 0 aliphatic heterocycles. The molecule has 28 heavy (non-hydrogen) atoms. The molecule has 134 valence electrons. The van der Waals surface area contributed by atoms with Crippen molar-refractivity contribution in [2.24, 2.45) is 0 Å². The molecular weight excluding hydrogens is 345 g/mol. The van der Waals surface area contributed by atoms with Crippen LogP contribution in [-0.2, 0) is 0 Å². The largest absolute Gasteiger partial charge is 0.592 e. The van der Waals surface area contributed by atoms with E-state index in [4.69, 9.17) is 0 Å². The van der Waals surface area contributed by atoms with Crippen molar-refractivity contribution in [2.75, 3.05) is 0 Å². The number of nitrogens with zero attached hydrogens (tertiary/aromatic N) is 1. The molecule has 0 spiro atoms. The van der Waals surface area contributed by atoms with Gasteiger partial charge in [-0.1, -0.05) is 91.0 Å². The van der Waals surface area contributed by atoms with E-state index in [0.717, 1.165) is 44.1 Å². The third-order valence-corrected chi connectivity index (χ3v) is 5.25. The molecule has 0 unspecified atom stereocenters. The van der Waals surface area contributed by atoms with Gasteiger partial charge >= 0.3 is 7.25 Å². The highest BCUT2D eigenvalue weighted by atomic mass is 16.4. The molecule has 4 heteroatoms. The first-order chi connectivity index (χ1) is 13.8. The average molecular weight is 363 g/mol. The number of rotatable bonds is 3. The monoisotopic (exact) mass is 363 g/mol. The van der Waals surface area contributed by atoms with Crippen LogP contribution < -0.4 is 0 Å². The van der Waals surface area contributed by atoms with Crippen molar-refractivity contribution in [3.05, 3.63) is 97.1 Å². The number of para-hydroxylation sites is 1. The van der Waals surface area contributed by atoms with Gasteiger partial charge in [0.15, 0.2) is 0 Å². The SMILES string of the molecule is OB(O)n1c2ccccc2c2ccc(-c3ccccc3)c(-c3ccccc3)c21. The molecule has 1 aromatic heterocycles. The molecule has 0 radical (unpaired) electrons. The fraction of sp³-hybridized carbons (Fsp3) is 0. The van der Waals surface area contributed by atoms with Gasteiger partial charge in [-0.3, -0.25) is 0 Å². The van der Waals surface area contributed by atoms with E-state index in [-0.39, 0.29) is 0 Å². The second-order valence-electron chi connectivity index (χ2n) is 6.85. The van der Waals surface area contributed by atoms with E-state index in [1.807, 2.05) is 60.7 Å². The zero-order valence-corrected chi connectivity index (χ0v) is 15.2. The maximum atomic E-state index is 10.3. The minimum atomic E-state index is -1.63. The van der Waals surface area contributed by atoms with Crippen LogP contribution in [0.3, 0.4) is 0 Å². The van der Waals surface area contributed by atoms with Gasteiger partial charge in [0.05, 0.1) is 0 Å². The number of hydrogen-bond donors (Lipinski definition) is 2. The van der Waals surface area contributed by atoms with Crippen LogP contribution in [0.1, 0.15) is 0 Å². The average Bonchev–Trinajstić information content (AvgIpc) is 3.09. The van der Waals surface area contributed by atoms with Crippen molar-refractivity contribution in [2.45, 2.75) is 0 Å². The van der Waals surface area contributed by atoms with Crippen LogP contribution in [0, 0.1) is 0 Å². The molecule has 2 N–H and O–H groups in total. The Labute approximate surface area is 163 Å². The van der Waals surface area contributed by atoms with Gasteiger partial charge < -0.3 is 14.5 Å². The summed E-state index contributed by atoms with van der Waals surface area (Å²) in [6.45, 7) is 0. The van der Waals surface area contributed by atoms with E-state index in [1.165, 1.54) is 0 Å². The fourth-order valence-electron chi connectivity index (χ4n) is 4.09. The molecule has 5 rings (SSSR count). The van der Waals surface area contributed by atoms with Crippen LogP contribution in [-0.4, -0.2) is 21.8 Å². The van der Waals surface area contributed by atoms with Crippen LogP contribution >= 0.6 is 0 Å². The Hall–Kier alpha value is -3.34. The standard InChI is InChI=1S/C24H18BNO2/c27-25(28)26-22-14-8-7-13-20(22)21-16-15-19(17-9-3-1-4-10-17)23(24(21)26)18-11-5-2-6-12-18/h1-16,27-28H. The maximum Gasteiger partial charge on any atom is 0.592 e. The Kier molecular flexibility index (Phi) is 4.01. The highest BCUT2D eigenvalue weighted by molar-refractivity contribution is 6.44. The first kappa shape index (κ1) is 16.8. The molecular formula is C24H18BNO2. The van der Waals surface area contributed by atoms with Gasteiger partial charge in [-0.15, -0.1) is 0 Å². The summed E-state index contributed by atoms with van der Waals surface area (Å²) < 4.78 is 1.61. The van der Waals surface area contributed by atoms with Crippen LogP contribution in [0.4, 0.5) is 0 Å². The van der Waals surface area contributed by atoms with Crippen molar-refractivity contribution >= 4 is 29.1 Å². The summed E-state index contributed by atoms with van der Waals surface area (Å²) in [4.78, 5) is 0. The van der Waals surface area contributed by atoms with E-state index in [1.54, 1.807) is 4.48 Å². The Morgan fingerprint density at radius 2 is 1.18 bits per heavy atom. The van der Waals surface area contributed by atoms with Gasteiger partial charge in [-0.05, 0) is 22.8 Å². The molecule has 1 heterocycles. The summed E-state index contributed by atoms with van der Waals surface area (Å²) in [6, 6.07) is 32.4. The van der Waals surface area contributed by atoms with Gasteiger partial charge in [-0.25, -0.2) is 0 Å². The number of aromatic nitrogens is 1. The second-order valence-corrected chi connectivity index (χ2v) is 6.85. The first-order valence-electron chi connectivity index (χ1n) is 9.28. The Balaban J connectivity index is 2.01. The summed E-state index contributed by atoms with van der Waals surface area (Å²) in [6.07, 6.45) is 0. The van der Waals surface area contributed by atoms with Crippen LogP contribution in [0.15, 0.2) is 97.1 Å². The van der Waals surface area contributed by atoms with Gasteiger partial charge in [0.1, 0.15) is 0 Å². The lowest BCUT2D eigenvalue weighted by Crippen LogP contribution is -2.23. The molecule has 0 aliphatic carbocycles. The highest BCUT2D eigenvalue weighted by Crippen LogP contribution is 2.41. The van der Waals surface area contributed by atoms with Crippen LogP contribution in [0.2, 0.25) is 0 Å². The zero-order valence-electron chi connectivity index (χ0n) is 15.2. The van der Waals surface area contributed by atoms with Crippen molar-refractivity contribution in [1.29, 1.82) is 0 Å². The second kappa shape index (κ2) is 6.68.